The molecule has 2 amide bonds. The van der Waals surface area contributed by atoms with Crippen molar-refractivity contribution in [3.05, 3.63) is 69.7 Å². The van der Waals surface area contributed by atoms with Crippen molar-refractivity contribution in [2.45, 2.75) is 38.6 Å². The summed E-state index contributed by atoms with van der Waals surface area (Å²) in [5.41, 5.74) is 2.00. The minimum absolute atomic E-state index is 0.0647. The van der Waals surface area contributed by atoms with Crippen LogP contribution in [0, 0.1) is 0 Å². The molecule has 2 aromatic carbocycles. The van der Waals surface area contributed by atoms with Gasteiger partial charge >= 0.3 is 0 Å². The van der Waals surface area contributed by atoms with Crippen LogP contribution < -0.4 is 5.32 Å². The molecule has 2 rings (SSSR count). The number of carbonyl (C=O) groups is 2. The van der Waals surface area contributed by atoms with Crippen molar-refractivity contribution >= 4 is 46.8 Å². The second-order valence-electron chi connectivity index (χ2n) is 6.59. The first-order valence-corrected chi connectivity index (χ1v) is 11.5. The van der Waals surface area contributed by atoms with Crippen LogP contribution in [0.5, 0.6) is 0 Å². The van der Waals surface area contributed by atoms with E-state index in [0.29, 0.717) is 35.3 Å². The van der Waals surface area contributed by atoms with Gasteiger partial charge in [0.1, 0.15) is 6.04 Å². The number of carbonyl (C=O) groups excluding carboxylic acids is 2. The summed E-state index contributed by atoms with van der Waals surface area (Å²) in [6.07, 6.45) is 0.546. The summed E-state index contributed by atoms with van der Waals surface area (Å²) >= 11 is 13.5. The Labute approximate surface area is 187 Å². The molecule has 29 heavy (non-hydrogen) atoms. The summed E-state index contributed by atoms with van der Waals surface area (Å²) < 4.78 is 0. The minimum atomic E-state index is -0.509. The summed E-state index contributed by atoms with van der Waals surface area (Å²) in [5.74, 6) is 0.775. The number of hydrogen-bond donors (Lipinski definition) is 1. The number of halogens is 2. The van der Waals surface area contributed by atoms with E-state index in [-0.39, 0.29) is 17.6 Å². The van der Waals surface area contributed by atoms with E-state index in [1.807, 2.05) is 50.2 Å². The lowest BCUT2D eigenvalue weighted by Crippen LogP contribution is -2.49. The molecule has 0 saturated carbocycles. The lowest BCUT2D eigenvalue weighted by Gasteiger charge is -2.30. The van der Waals surface area contributed by atoms with E-state index in [0.717, 1.165) is 11.1 Å². The van der Waals surface area contributed by atoms with Gasteiger partial charge in [-0.3, -0.25) is 9.59 Å². The Morgan fingerprint density at radius 3 is 2.38 bits per heavy atom. The van der Waals surface area contributed by atoms with Crippen LogP contribution >= 0.6 is 35.0 Å². The summed E-state index contributed by atoms with van der Waals surface area (Å²) in [5, 5.41) is 4.16. The highest BCUT2D eigenvalue weighted by Gasteiger charge is 2.28. The smallest absolute Gasteiger partial charge is 0.242 e. The van der Waals surface area contributed by atoms with Crippen LogP contribution in [-0.2, 0) is 21.9 Å². The highest BCUT2D eigenvalue weighted by Crippen LogP contribution is 2.20. The molecule has 0 spiro atoms. The van der Waals surface area contributed by atoms with Gasteiger partial charge in [-0.25, -0.2) is 0 Å². The third-order valence-electron chi connectivity index (χ3n) is 4.39. The molecule has 0 aliphatic rings. The Bertz CT molecular complexity index is 815. The highest BCUT2D eigenvalue weighted by molar-refractivity contribution is 7.99. The summed E-state index contributed by atoms with van der Waals surface area (Å²) in [4.78, 5) is 27.3. The lowest BCUT2D eigenvalue weighted by molar-refractivity contribution is -0.139. The predicted octanol–water partition coefficient (Wildman–Crippen LogP) is 5.17. The first kappa shape index (κ1) is 23.6. The van der Waals surface area contributed by atoms with Gasteiger partial charge in [-0.05, 0) is 48.7 Å². The maximum atomic E-state index is 13.1. The highest BCUT2D eigenvalue weighted by atomic mass is 35.5. The third kappa shape index (κ3) is 7.57. The van der Waals surface area contributed by atoms with Gasteiger partial charge in [0.25, 0.3) is 0 Å². The molecule has 0 radical (unpaired) electrons. The second kappa shape index (κ2) is 12.1. The van der Waals surface area contributed by atoms with E-state index in [2.05, 4.69) is 5.32 Å². The Hall–Kier alpha value is -1.69. The summed E-state index contributed by atoms with van der Waals surface area (Å²) in [6.45, 7) is 4.68. The molecule has 1 atom stereocenters. The molecule has 0 heterocycles. The van der Waals surface area contributed by atoms with E-state index in [1.165, 1.54) is 11.8 Å². The molecule has 2 aromatic rings. The number of thioether (sulfide) groups is 1. The van der Waals surface area contributed by atoms with E-state index < -0.39 is 6.04 Å². The summed E-state index contributed by atoms with van der Waals surface area (Å²) in [6, 6.07) is 14.4. The van der Waals surface area contributed by atoms with Crippen LogP contribution in [0.3, 0.4) is 0 Å². The molecule has 0 bridgehead atoms. The Kier molecular flexibility index (Phi) is 9.85. The zero-order valence-corrected chi connectivity index (χ0v) is 19.0. The summed E-state index contributed by atoms with van der Waals surface area (Å²) in [7, 11) is 0. The van der Waals surface area contributed by atoms with Gasteiger partial charge in [-0.2, -0.15) is 0 Å². The van der Waals surface area contributed by atoms with Crippen molar-refractivity contribution in [3.8, 4) is 0 Å². The number of nitrogens with one attached hydrogen (secondary N) is 1. The Morgan fingerprint density at radius 1 is 1.03 bits per heavy atom. The molecule has 0 fully saturated rings. The fraction of sp³-hybridized carbons (Fsp3) is 0.364. The van der Waals surface area contributed by atoms with Gasteiger partial charge in [0.15, 0.2) is 0 Å². The number of hydrogen-bond acceptors (Lipinski definition) is 3. The number of amides is 2. The molecule has 4 nitrogen and oxygen atoms in total. The first-order chi connectivity index (χ1) is 13.9. The van der Waals surface area contributed by atoms with Crippen molar-refractivity contribution in [2.24, 2.45) is 0 Å². The maximum absolute atomic E-state index is 13.1. The van der Waals surface area contributed by atoms with E-state index >= 15 is 0 Å². The quantitative estimate of drug-likeness (QED) is 0.540. The largest absolute Gasteiger partial charge is 0.355 e. The molecular weight excluding hydrogens is 427 g/mol. The molecule has 0 aliphatic heterocycles. The van der Waals surface area contributed by atoms with Crippen molar-refractivity contribution in [2.75, 3.05) is 12.3 Å². The zero-order valence-electron chi connectivity index (χ0n) is 16.7. The number of benzene rings is 2. The molecule has 0 unspecified atom stereocenters. The van der Waals surface area contributed by atoms with Crippen LogP contribution in [0.25, 0.3) is 0 Å². The number of likely N-dealkylation sites (N-methyl/N-ethyl adjacent to an activating group) is 1. The van der Waals surface area contributed by atoms with Crippen LogP contribution in [0.1, 0.15) is 31.4 Å². The third-order valence-corrected chi connectivity index (χ3v) is 5.86. The van der Waals surface area contributed by atoms with Crippen LogP contribution in [-0.4, -0.2) is 35.1 Å². The van der Waals surface area contributed by atoms with Crippen LogP contribution in [0.2, 0.25) is 10.0 Å². The van der Waals surface area contributed by atoms with Gasteiger partial charge in [0, 0.05) is 28.9 Å². The zero-order chi connectivity index (χ0) is 21.2. The molecule has 156 valence electrons. The van der Waals surface area contributed by atoms with Gasteiger partial charge in [0.05, 0.1) is 5.75 Å². The fourth-order valence-corrected chi connectivity index (χ4v) is 4.16. The number of nitrogens with zero attached hydrogens (tertiary/aromatic N) is 1. The van der Waals surface area contributed by atoms with Crippen molar-refractivity contribution in [1.29, 1.82) is 0 Å². The average molecular weight is 453 g/mol. The average Bonchev–Trinajstić information content (AvgIpc) is 2.69. The minimum Gasteiger partial charge on any atom is -0.355 e. The molecule has 1 N–H and O–H groups in total. The van der Waals surface area contributed by atoms with Crippen LogP contribution in [0.4, 0.5) is 0 Å². The lowest BCUT2D eigenvalue weighted by atomic mass is 10.1. The van der Waals surface area contributed by atoms with Gasteiger partial charge in [0.2, 0.25) is 11.8 Å². The molecule has 7 heteroatoms. The van der Waals surface area contributed by atoms with Crippen molar-refractivity contribution < 1.29 is 9.59 Å². The Balaban J connectivity index is 2.10. The van der Waals surface area contributed by atoms with Gasteiger partial charge in [-0.1, -0.05) is 54.4 Å². The molecule has 0 aromatic heterocycles. The second-order valence-corrected chi connectivity index (χ2v) is 8.45. The topological polar surface area (TPSA) is 49.4 Å². The molecular formula is C22H26Cl2N2O2S. The maximum Gasteiger partial charge on any atom is 0.242 e. The van der Waals surface area contributed by atoms with E-state index in [4.69, 9.17) is 23.2 Å². The van der Waals surface area contributed by atoms with E-state index in [9.17, 15) is 9.59 Å². The fourth-order valence-electron chi connectivity index (χ4n) is 2.96. The van der Waals surface area contributed by atoms with Gasteiger partial charge < -0.3 is 10.2 Å². The normalized spacial score (nSPS) is 11.7. The molecule has 0 aliphatic carbocycles. The van der Waals surface area contributed by atoms with E-state index in [1.54, 1.807) is 17.0 Å². The Morgan fingerprint density at radius 2 is 1.76 bits per heavy atom. The van der Waals surface area contributed by atoms with Crippen molar-refractivity contribution in [3.63, 3.8) is 0 Å². The monoisotopic (exact) mass is 452 g/mol. The first-order valence-electron chi connectivity index (χ1n) is 9.58. The van der Waals surface area contributed by atoms with Crippen LogP contribution in [0.15, 0.2) is 48.5 Å². The SMILES string of the molecule is CCNC(=O)[C@H](CC)N(Cc1ccc(Cl)cc1)C(=O)CSCc1cccc(Cl)c1. The van der Waals surface area contributed by atoms with Gasteiger partial charge in [-0.15, -0.1) is 11.8 Å². The number of rotatable bonds is 10. The van der Waals surface area contributed by atoms with Crippen molar-refractivity contribution in [1.82, 2.24) is 10.2 Å². The standard InChI is InChI=1S/C22H26Cl2N2O2S/c1-3-20(22(28)25-4-2)26(13-16-8-10-18(23)11-9-16)21(27)15-29-14-17-6-5-7-19(24)12-17/h5-12,20H,3-4,13-15H2,1-2H3,(H,25,28)/t20-/m0/s1. The predicted molar refractivity (Wildman–Crippen MR) is 122 cm³/mol. The molecule has 0 saturated heterocycles.